The van der Waals surface area contributed by atoms with Crippen LogP contribution in [-0.4, -0.2) is 17.6 Å². The van der Waals surface area contributed by atoms with E-state index in [1.165, 1.54) is 0 Å². The number of hydrogen-bond acceptors (Lipinski definition) is 2. The van der Waals surface area contributed by atoms with Crippen molar-refractivity contribution in [2.24, 2.45) is 5.92 Å². The highest BCUT2D eigenvalue weighted by Crippen LogP contribution is 2.38. The van der Waals surface area contributed by atoms with E-state index in [2.05, 4.69) is 12.2 Å². The van der Waals surface area contributed by atoms with Gasteiger partial charge >= 0.3 is 0 Å². The van der Waals surface area contributed by atoms with Gasteiger partial charge in [-0.2, -0.15) is 0 Å². The number of halogens is 1. The Hall–Kier alpha value is -1.35. The fourth-order valence-electron chi connectivity index (χ4n) is 3.01. The largest absolute Gasteiger partial charge is 0.339 e. The molecule has 1 saturated carbocycles. The molecule has 0 aliphatic heterocycles. The molecule has 1 fully saturated rings. The van der Waals surface area contributed by atoms with Gasteiger partial charge in [0.1, 0.15) is 11.4 Å². The molecule has 108 valence electrons. The normalized spacial score (nSPS) is 26.3. The van der Waals surface area contributed by atoms with E-state index in [0.29, 0.717) is 18.8 Å². The smallest absolute Gasteiger partial charge is 0.235 e. The molecule has 2 rings (SSSR count). The average molecular weight is 294 g/mol. The Kier molecular flexibility index (Phi) is 4.81. The quantitative estimate of drug-likeness (QED) is 0.868. The summed E-state index contributed by atoms with van der Waals surface area (Å²) in [6.45, 7) is 2.12. The first-order valence-corrected chi connectivity index (χ1v) is 7.61. The lowest BCUT2D eigenvalue weighted by Gasteiger charge is -2.40. The van der Waals surface area contributed by atoms with Crippen LogP contribution in [0.3, 0.4) is 0 Å². The van der Waals surface area contributed by atoms with E-state index in [4.69, 9.17) is 11.6 Å². The van der Waals surface area contributed by atoms with Crippen LogP contribution in [0.1, 0.15) is 38.2 Å². The SMILES string of the molecule is CCC1CCC(=O)C(NC(=O)CCl)(c2ccccc2)C1. The summed E-state index contributed by atoms with van der Waals surface area (Å²) in [7, 11) is 0. The molecule has 1 N–H and O–H groups in total. The standard InChI is InChI=1S/C16H20ClNO2/c1-2-12-8-9-14(19)16(10-12,18-15(20)11-17)13-6-4-3-5-7-13/h3-7,12H,2,8-11H2,1H3,(H,18,20). The van der Waals surface area contributed by atoms with Gasteiger partial charge in [0.25, 0.3) is 0 Å². The number of rotatable bonds is 4. The number of hydrogen-bond donors (Lipinski definition) is 1. The first-order chi connectivity index (χ1) is 9.62. The van der Waals surface area contributed by atoms with Crippen LogP contribution in [0.5, 0.6) is 0 Å². The molecule has 1 aliphatic rings. The number of alkyl halides is 1. The van der Waals surface area contributed by atoms with Gasteiger partial charge in [0, 0.05) is 6.42 Å². The number of carbonyl (C=O) groups is 2. The molecule has 2 unspecified atom stereocenters. The maximum atomic E-state index is 12.6. The first-order valence-electron chi connectivity index (χ1n) is 7.08. The lowest BCUT2D eigenvalue weighted by Crippen LogP contribution is -2.55. The summed E-state index contributed by atoms with van der Waals surface area (Å²) in [6.07, 6.45) is 3.09. The number of nitrogens with one attached hydrogen (secondary N) is 1. The van der Waals surface area contributed by atoms with Gasteiger partial charge < -0.3 is 5.32 Å². The van der Waals surface area contributed by atoms with Gasteiger partial charge in [-0.05, 0) is 24.3 Å². The van der Waals surface area contributed by atoms with Gasteiger partial charge in [0.15, 0.2) is 5.78 Å². The molecule has 0 saturated heterocycles. The van der Waals surface area contributed by atoms with Crippen molar-refractivity contribution < 1.29 is 9.59 Å². The molecule has 2 atom stereocenters. The summed E-state index contributed by atoms with van der Waals surface area (Å²) in [5.74, 6) is 0.120. The lowest BCUT2D eigenvalue weighted by molar-refractivity contribution is -0.134. The molecule has 3 nitrogen and oxygen atoms in total. The highest BCUT2D eigenvalue weighted by molar-refractivity contribution is 6.27. The molecule has 1 aliphatic carbocycles. The highest BCUT2D eigenvalue weighted by Gasteiger charge is 2.45. The number of Topliss-reactive ketones (excluding diaryl/α,β-unsaturated/α-hetero) is 1. The van der Waals surface area contributed by atoms with E-state index in [-0.39, 0.29) is 17.6 Å². The first kappa shape index (κ1) is 15.0. The van der Waals surface area contributed by atoms with Gasteiger partial charge in [-0.1, -0.05) is 43.7 Å². The summed E-state index contributed by atoms with van der Waals surface area (Å²) in [5, 5.41) is 2.89. The molecule has 1 amide bonds. The molecule has 0 bridgehead atoms. The van der Waals surface area contributed by atoms with Crippen LogP contribution in [0.2, 0.25) is 0 Å². The number of amides is 1. The van der Waals surface area contributed by atoms with E-state index in [1.54, 1.807) is 0 Å². The molecular weight excluding hydrogens is 274 g/mol. The zero-order chi connectivity index (χ0) is 14.6. The third kappa shape index (κ3) is 2.88. The molecule has 20 heavy (non-hydrogen) atoms. The van der Waals surface area contributed by atoms with Crippen LogP contribution in [0.25, 0.3) is 0 Å². The monoisotopic (exact) mass is 293 g/mol. The van der Waals surface area contributed by atoms with E-state index < -0.39 is 5.54 Å². The Morgan fingerprint density at radius 2 is 2.10 bits per heavy atom. The number of ketones is 1. The predicted octanol–water partition coefficient (Wildman–Crippen LogP) is 3.02. The number of benzene rings is 1. The second-order valence-electron chi connectivity index (χ2n) is 5.39. The van der Waals surface area contributed by atoms with Crippen LogP contribution in [0.4, 0.5) is 0 Å². The van der Waals surface area contributed by atoms with Gasteiger partial charge in [-0.3, -0.25) is 9.59 Å². The zero-order valence-electron chi connectivity index (χ0n) is 11.7. The second kappa shape index (κ2) is 6.40. The van der Waals surface area contributed by atoms with E-state index >= 15 is 0 Å². The van der Waals surface area contributed by atoms with E-state index in [1.807, 2.05) is 30.3 Å². The molecule has 4 heteroatoms. The highest BCUT2D eigenvalue weighted by atomic mass is 35.5. The third-order valence-corrected chi connectivity index (χ3v) is 4.41. The van der Waals surface area contributed by atoms with Crippen LogP contribution >= 0.6 is 11.6 Å². The summed E-state index contributed by atoms with van der Waals surface area (Å²) >= 11 is 5.62. The number of carbonyl (C=O) groups excluding carboxylic acids is 2. The van der Waals surface area contributed by atoms with Crippen molar-refractivity contribution in [3.63, 3.8) is 0 Å². The fraction of sp³-hybridized carbons (Fsp3) is 0.500. The topological polar surface area (TPSA) is 46.2 Å². The Bertz CT molecular complexity index is 489. The van der Waals surface area contributed by atoms with Crippen molar-refractivity contribution in [2.75, 3.05) is 5.88 Å². The third-order valence-electron chi connectivity index (χ3n) is 4.17. The van der Waals surface area contributed by atoms with Crippen molar-refractivity contribution in [2.45, 2.75) is 38.1 Å². The molecule has 0 radical (unpaired) electrons. The van der Waals surface area contributed by atoms with Gasteiger partial charge in [-0.15, -0.1) is 11.6 Å². The van der Waals surface area contributed by atoms with Crippen molar-refractivity contribution in [3.05, 3.63) is 35.9 Å². The molecular formula is C16H20ClNO2. The molecule has 0 aromatic heterocycles. The van der Waals surface area contributed by atoms with Crippen LogP contribution < -0.4 is 5.32 Å². The Morgan fingerprint density at radius 3 is 2.70 bits per heavy atom. The summed E-state index contributed by atoms with van der Waals surface area (Å²) in [5.41, 5.74) is -0.0341. The van der Waals surface area contributed by atoms with Crippen LogP contribution in [0, 0.1) is 5.92 Å². The van der Waals surface area contributed by atoms with Gasteiger partial charge in [-0.25, -0.2) is 0 Å². The van der Waals surface area contributed by atoms with E-state index in [0.717, 1.165) is 18.4 Å². The second-order valence-corrected chi connectivity index (χ2v) is 5.66. The van der Waals surface area contributed by atoms with Crippen molar-refractivity contribution in [1.82, 2.24) is 5.32 Å². The summed E-state index contributed by atoms with van der Waals surface area (Å²) < 4.78 is 0. The predicted molar refractivity (Wildman–Crippen MR) is 79.6 cm³/mol. The molecule has 0 heterocycles. The lowest BCUT2D eigenvalue weighted by atomic mass is 9.70. The Labute approximate surface area is 124 Å². The summed E-state index contributed by atoms with van der Waals surface area (Å²) in [4.78, 5) is 24.4. The van der Waals surface area contributed by atoms with Gasteiger partial charge in [0.2, 0.25) is 5.91 Å². The Morgan fingerprint density at radius 1 is 1.40 bits per heavy atom. The van der Waals surface area contributed by atoms with Crippen molar-refractivity contribution in [1.29, 1.82) is 0 Å². The fourth-order valence-corrected chi connectivity index (χ4v) is 3.08. The Balaban J connectivity index is 2.42. The van der Waals surface area contributed by atoms with E-state index in [9.17, 15) is 9.59 Å². The van der Waals surface area contributed by atoms with Crippen molar-refractivity contribution in [3.8, 4) is 0 Å². The van der Waals surface area contributed by atoms with Crippen molar-refractivity contribution >= 4 is 23.3 Å². The van der Waals surface area contributed by atoms with Gasteiger partial charge in [0.05, 0.1) is 0 Å². The minimum atomic E-state index is -0.897. The minimum Gasteiger partial charge on any atom is -0.339 e. The maximum absolute atomic E-state index is 12.6. The minimum absolute atomic E-state index is 0.0897. The molecule has 1 aromatic carbocycles. The maximum Gasteiger partial charge on any atom is 0.235 e. The molecule has 0 spiro atoms. The average Bonchev–Trinajstić information content (AvgIpc) is 2.50. The zero-order valence-corrected chi connectivity index (χ0v) is 12.5. The summed E-state index contributed by atoms with van der Waals surface area (Å²) in [6, 6.07) is 9.51. The molecule has 1 aromatic rings. The van der Waals surface area contributed by atoms with Crippen LogP contribution in [-0.2, 0) is 15.1 Å². The van der Waals surface area contributed by atoms with Crippen LogP contribution in [0.15, 0.2) is 30.3 Å².